The molecule has 0 fully saturated rings. The van der Waals surface area contributed by atoms with Gasteiger partial charge in [0.05, 0.1) is 25.3 Å². The van der Waals surface area contributed by atoms with Crippen molar-refractivity contribution in [3.8, 4) is 23.3 Å². The van der Waals surface area contributed by atoms with E-state index in [-0.39, 0.29) is 23.7 Å². The van der Waals surface area contributed by atoms with Crippen molar-refractivity contribution in [3.05, 3.63) is 63.6 Å². The molecule has 7 nitrogen and oxygen atoms in total. The Hall–Kier alpha value is -3.57. The Kier molecular flexibility index (Phi) is 8.85. The van der Waals surface area contributed by atoms with Gasteiger partial charge in [0.25, 0.3) is 0 Å². The van der Waals surface area contributed by atoms with Gasteiger partial charge in [-0.05, 0) is 70.4 Å². The average molecular weight is 486 g/mol. The van der Waals surface area contributed by atoms with Gasteiger partial charge >= 0.3 is 11.9 Å². The zero-order valence-electron chi connectivity index (χ0n) is 17.2. The molecule has 0 amide bonds. The van der Waals surface area contributed by atoms with Crippen molar-refractivity contribution in [2.45, 2.75) is 6.92 Å². The fourth-order valence-corrected chi connectivity index (χ4v) is 3.02. The molecular weight excluding hydrogens is 466 g/mol. The molecule has 0 N–H and O–H groups in total. The normalized spacial score (nSPS) is 11.0. The highest BCUT2D eigenvalue weighted by molar-refractivity contribution is 9.10. The summed E-state index contributed by atoms with van der Waals surface area (Å²) in [4.78, 5) is 24.0. The Morgan fingerprint density at radius 3 is 2.32 bits per heavy atom. The van der Waals surface area contributed by atoms with Gasteiger partial charge in [0.15, 0.2) is 11.5 Å². The third-order valence-electron chi connectivity index (χ3n) is 3.91. The maximum absolute atomic E-state index is 12.2. The molecule has 0 aliphatic rings. The fourth-order valence-electron chi connectivity index (χ4n) is 2.46. The first kappa shape index (κ1) is 23.7. The molecule has 0 aliphatic heterocycles. The molecular formula is C23H20BrNO6. The number of hydrogen-bond donors (Lipinski definition) is 0. The SMILES string of the molecule is CCOC(=O)/C(C#N)=C/c1ccc(OC(=O)/C=C/c2ccc(OC)c(Br)c2)c(OC)c1. The Balaban J connectivity index is 2.16. The van der Waals surface area contributed by atoms with Gasteiger partial charge in [-0.15, -0.1) is 0 Å². The van der Waals surface area contributed by atoms with Gasteiger partial charge < -0.3 is 18.9 Å². The molecule has 8 heteroatoms. The van der Waals surface area contributed by atoms with Crippen LogP contribution < -0.4 is 14.2 Å². The number of methoxy groups -OCH3 is 2. The quantitative estimate of drug-likeness (QED) is 0.234. The molecule has 0 atom stereocenters. The minimum atomic E-state index is -0.713. The summed E-state index contributed by atoms with van der Waals surface area (Å²) < 4.78 is 21.4. The molecule has 0 aromatic heterocycles. The molecule has 0 saturated carbocycles. The molecule has 2 aromatic rings. The van der Waals surface area contributed by atoms with Gasteiger partial charge in [-0.3, -0.25) is 0 Å². The van der Waals surface area contributed by atoms with E-state index in [1.54, 1.807) is 56.5 Å². The highest BCUT2D eigenvalue weighted by Crippen LogP contribution is 2.30. The van der Waals surface area contributed by atoms with Gasteiger partial charge in [0, 0.05) is 6.08 Å². The summed E-state index contributed by atoms with van der Waals surface area (Å²) in [7, 11) is 2.99. The van der Waals surface area contributed by atoms with Gasteiger partial charge in [0.2, 0.25) is 0 Å². The molecule has 0 heterocycles. The first-order chi connectivity index (χ1) is 14.9. The highest BCUT2D eigenvalue weighted by Gasteiger charge is 2.12. The van der Waals surface area contributed by atoms with Crippen LogP contribution in [0.4, 0.5) is 0 Å². The fraction of sp³-hybridized carbons (Fsp3) is 0.174. The van der Waals surface area contributed by atoms with Crippen molar-refractivity contribution in [3.63, 3.8) is 0 Å². The van der Waals surface area contributed by atoms with Crippen molar-refractivity contribution in [1.82, 2.24) is 0 Å². The first-order valence-electron chi connectivity index (χ1n) is 9.12. The third kappa shape index (κ3) is 6.73. The van der Waals surface area contributed by atoms with Crippen molar-refractivity contribution in [1.29, 1.82) is 5.26 Å². The zero-order chi connectivity index (χ0) is 22.8. The molecule has 2 aromatic carbocycles. The smallest absolute Gasteiger partial charge is 0.348 e. The zero-order valence-corrected chi connectivity index (χ0v) is 18.8. The molecule has 160 valence electrons. The lowest BCUT2D eigenvalue weighted by Gasteiger charge is -2.09. The maximum Gasteiger partial charge on any atom is 0.348 e. The second kappa shape index (κ2) is 11.6. The lowest BCUT2D eigenvalue weighted by Crippen LogP contribution is -2.06. The van der Waals surface area contributed by atoms with Crippen LogP contribution in [0.15, 0.2) is 52.5 Å². The molecule has 0 spiro atoms. The lowest BCUT2D eigenvalue weighted by atomic mass is 10.1. The van der Waals surface area contributed by atoms with E-state index in [9.17, 15) is 9.59 Å². The van der Waals surface area contributed by atoms with Crippen LogP contribution in [0.5, 0.6) is 17.2 Å². The molecule has 0 bridgehead atoms. The van der Waals surface area contributed by atoms with E-state index >= 15 is 0 Å². The summed E-state index contributed by atoms with van der Waals surface area (Å²) in [5.41, 5.74) is 1.14. The summed E-state index contributed by atoms with van der Waals surface area (Å²) >= 11 is 3.39. The standard InChI is InChI=1S/C23H20BrNO6/c1-4-30-23(27)17(14-25)11-16-6-9-20(21(13-16)29-3)31-22(26)10-7-15-5-8-19(28-2)18(24)12-15/h5-13H,4H2,1-3H3/b10-7+,17-11+. The summed E-state index contributed by atoms with van der Waals surface area (Å²) in [5, 5.41) is 9.15. The molecule has 0 aliphatic carbocycles. The van der Waals surface area contributed by atoms with Crippen LogP contribution in [0.1, 0.15) is 18.1 Å². The molecule has 2 rings (SSSR count). The molecule has 0 radical (unpaired) electrons. The van der Waals surface area contributed by atoms with E-state index in [1.165, 1.54) is 25.3 Å². The number of rotatable bonds is 8. The van der Waals surface area contributed by atoms with E-state index in [4.69, 9.17) is 24.2 Å². The lowest BCUT2D eigenvalue weighted by molar-refractivity contribution is -0.138. The summed E-state index contributed by atoms with van der Waals surface area (Å²) in [6.45, 7) is 1.82. The van der Waals surface area contributed by atoms with Crippen LogP contribution in [0, 0.1) is 11.3 Å². The number of halogens is 1. The minimum absolute atomic E-state index is 0.151. The first-order valence-corrected chi connectivity index (χ1v) is 9.91. The summed E-state index contributed by atoms with van der Waals surface area (Å²) in [6.07, 6.45) is 4.26. The number of esters is 2. The van der Waals surface area contributed by atoms with E-state index in [2.05, 4.69) is 15.9 Å². The Labute approximate surface area is 188 Å². The van der Waals surface area contributed by atoms with Crippen LogP contribution >= 0.6 is 15.9 Å². The minimum Gasteiger partial charge on any atom is -0.496 e. The monoisotopic (exact) mass is 485 g/mol. The van der Waals surface area contributed by atoms with Crippen LogP contribution in [-0.4, -0.2) is 32.8 Å². The van der Waals surface area contributed by atoms with E-state index < -0.39 is 11.9 Å². The number of hydrogen-bond acceptors (Lipinski definition) is 7. The van der Waals surface area contributed by atoms with Crippen LogP contribution in [-0.2, 0) is 14.3 Å². The topological polar surface area (TPSA) is 94.9 Å². The summed E-state index contributed by atoms with van der Waals surface area (Å²) in [5.74, 6) is -0.169. The second-order valence-corrected chi connectivity index (χ2v) is 6.80. The number of ether oxygens (including phenoxy) is 4. The van der Waals surface area contributed by atoms with Gasteiger partial charge in [0.1, 0.15) is 17.4 Å². The van der Waals surface area contributed by atoms with Crippen LogP contribution in [0.25, 0.3) is 12.2 Å². The maximum atomic E-state index is 12.2. The Morgan fingerprint density at radius 1 is 1.03 bits per heavy atom. The van der Waals surface area contributed by atoms with Crippen molar-refractivity contribution in [2.75, 3.05) is 20.8 Å². The second-order valence-electron chi connectivity index (χ2n) is 5.95. The van der Waals surface area contributed by atoms with E-state index in [0.29, 0.717) is 11.3 Å². The van der Waals surface area contributed by atoms with Gasteiger partial charge in [-0.1, -0.05) is 12.1 Å². The van der Waals surface area contributed by atoms with Crippen molar-refractivity contribution < 1.29 is 28.5 Å². The van der Waals surface area contributed by atoms with Crippen molar-refractivity contribution >= 4 is 40.0 Å². The van der Waals surface area contributed by atoms with Crippen LogP contribution in [0.3, 0.4) is 0 Å². The third-order valence-corrected chi connectivity index (χ3v) is 4.53. The summed E-state index contributed by atoms with van der Waals surface area (Å²) in [6, 6.07) is 11.8. The van der Waals surface area contributed by atoms with Gasteiger partial charge in [-0.2, -0.15) is 5.26 Å². The number of carbonyl (C=O) groups is 2. The van der Waals surface area contributed by atoms with E-state index in [1.807, 2.05) is 0 Å². The van der Waals surface area contributed by atoms with Crippen molar-refractivity contribution in [2.24, 2.45) is 0 Å². The molecule has 31 heavy (non-hydrogen) atoms. The highest BCUT2D eigenvalue weighted by atomic mass is 79.9. The number of benzene rings is 2. The Morgan fingerprint density at radius 2 is 1.71 bits per heavy atom. The predicted octanol–water partition coefficient (Wildman–Crippen LogP) is 4.56. The Bertz CT molecular complexity index is 1070. The number of carbonyl (C=O) groups excluding carboxylic acids is 2. The predicted molar refractivity (Wildman–Crippen MR) is 119 cm³/mol. The molecule has 0 unspecified atom stereocenters. The average Bonchev–Trinajstić information content (AvgIpc) is 2.77. The van der Waals surface area contributed by atoms with Gasteiger partial charge in [-0.25, -0.2) is 9.59 Å². The number of nitrogens with zero attached hydrogens (tertiary/aromatic N) is 1. The van der Waals surface area contributed by atoms with Crippen LogP contribution in [0.2, 0.25) is 0 Å². The largest absolute Gasteiger partial charge is 0.496 e. The molecule has 0 saturated heterocycles. The van der Waals surface area contributed by atoms with E-state index in [0.717, 1.165) is 10.0 Å². The number of nitriles is 1.